The van der Waals surface area contributed by atoms with E-state index < -0.39 is 44.4 Å². The summed E-state index contributed by atoms with van der Waals surface area (Å²) in [5, 5.41) is 1.28. The number of carbonyl (C=O) groups excluding carboxylic acids is 2. The summed E-state index contributed by atoms with van der Waals surface area (Å²) in [5.74, 6) is -1.46. The maximum Gasteiger partial charge on any atom is 0.345 e. The lowest BCUT2D eigenvalue weighted by Crippen LogP contribution is -2.57. The third-order valence-electron chi connectivity index (χ3n) is 5.22. The Morgan fingerprint density at radius 2 is 1.28 bits per heavy atom. The number of carbonyl (C=O) groups is 2. The summed E-state index contributed by atoms with van der Waals surface area (Å²) < 4.78 is 55.6. The summed E-state index contributed by atoms with van der Waals surface area (Å²) in [4.78, 5) is 26.6. The van der Waals surface area contributed by atoms with Crippen LogP contribution in [0.25, 0.3) is 0 Å². The summed E-state index contributed by atoms with van der Waals surface area (Å²) in [6.07, 6.45) is -0.337. The van der Waals surface area contributed by atoms with Gasteiger partial charge in [0.15, 0.2) is 5.40 Å². The molecule has 1 rings (SSSR count). The largest absolute Gasteiger partial charge is 0.467 e. The Balaban J connectivity index is 3.81. The van der Waals surface area contributed by atoms with Crippen LogP contribution in [0.5, 0.6) is 0 Å². The van der Waals surface area contributed by atoms with Crippen molar-refractivity contribution in [3.8, 4) is 0 Å². The molecule has 1 N–H and O–H groups in total. The fourth-order valence-corrected chi connectivity index (χ4v) is 9.55. The lowest BCUT2D eigenvalue weighted by molar-refractivity contribution is -0.149. The van der Waals surface area contributed by atoms with Crippen LogP contribution >= 0.6 is 15.2 Å². The third kappa shape index (κ3) is 8.51. The van der Waals surface area contributed by atoms with Crippen molar-refractivity contribution in [2.45, 2.75) is 65.3 Å². The molecule has 1 unspecified atom stereocenters. The first-order valence-electron chi connectivity index (χ1n) is 12.2. The molecule has 1 amide bonds. The summed E-state index contributed by atoms with van der Waals surface area (Å²) in [6, 6.07) is 8.34. The van der Waals surface area contributed by atoms with E-state index in [2.05, 4.69) is 5.32 Å². The predicted octanol–water partition coefficient (Wildman–Crippen LogP) is 5.62. The highest BCUT2D eigenvalue weighted by Gasteiger charge is 2.57. The molecule has 0 fully saturated rings. The monoisotopic (exact) mass is 549 g/mol. The van der Waals surface area contributed by atoms with Crippen molar-refractivity contribution >= 4 is 27.1 Å². The van der Waals surface area contributed by atoms with Gasteiger partial charge in [0.25, 0.3) is 5.91 Å². The molecule has 0 spiro atoms. The Hall–Kier alpha value is -1.54. The van der Waals surface area contributed by atoms with Gasteiger partial charge in [-0.2, -0.15) is 0 Å². The Morgan fingerprint density at radius 1 is 0.833 bits per heavy atom. The molecule has 0 aliphatic carbocycles. The molecule has 1 aromatic carbocycles. The van der Waals surface area contributed by atoms with Crippen molar-refractivity contribution in [2.75, 3.05) is 33.5 Å². The summed E-state index contributed by atoms with van der Waals surface area (Å²) in [5.41, 5.74) is -1.43. The standard InChI is InChI=1S/C24H41NO9P2/c1-8-31-35(28,32-9-2)21(36(29,33-10-3)34-11-4)18-24(17-19(5)6,23(27)30-7)25-22(26)20-15-13-12-14-16-20/h12-16,19,21H,8-11,17-18H2,1-7H3,(H,25,26). The van der Waals surface area contributed by atoms with Gasteiger partial charge in [-0.05, 0) is 52.2 Å². The first kappa shape index (κ1) is 32.5. The molecule has 0 aliphatic rings. The number of benzene rings is 1. The number of hydrogen-bond acceptors (Lipinski definition) is 9. The average molecular weight is 550 g/mol. The smallest absolute Gasteiger partial charge is 0.345 e. The van der Waals surface area contributed by atoms with Crippen LogP contribution in [0.2, 0.25) is 0 Å². The van der Waals surface area contributed by atoms with Crippen molar-refractivity contribution in [3.05, 3.63) is 35.9 Å². The van der Waals surface area contributed by atoms with Crippen molar-refractivity contribution in [1.82, 2.24) is 5.32 Å². The normalized spacial score (nSPS) is 14.0. The van der Waals surface area contributed by atoms with Crippen molar-refractivity contribution in [1.29, 1.82) is 0 Å². The van der Waals surface area contributed by atoms with E-state index in [9.17, 15) is 18.7 Å². The Bertz CT molecular complexity index is 875. The van der Waals surface area contributed by atoms with Gasteiger partial charge in [-0.15, -0.1) is 0 Å². The van der Waals surface area contributed by atoms with E-state index in [1.807, 2.05) is 13.8 Å². The first-order chi connectivity index (χ1) is 17.0. The second-order valence-corrected chi connectivity index (χ2v) is 13.3. The second-order valence-electron chi connectivity index (χ2n) is 8.43. The SMILES string of the molecule is CCOP(=O)(OCC)C(CC(CC(C)C)(NC(=O)c1ccccc1)C(=O)OC)P(=O)(OCC)OCC. The van der Waals surface area contributed by atoms with E-state index in [-0.39, 0.29) is 38.8 Å². The fourth-order valence-electron chi connectivity index (χ4n) is 4.02. The molecule has 1 aromatic rings. The highest BCUT2D eigenvalue weighted by Crippen LogP contribution is 2.72. The van der Waals surface area contributed by atoms with Crippen molar-refractivity contribution in [3.63, 3.8) is 0 Å². The zero-order chi connectivity index (χ0) is 27.4. The van der Waals surface area contributed by atoms with Gasteiger partial charge in [-0.3, -0.25) is 13.9 Å². The highest BCUT2D eigenvalue weighted by atomic mass is 31.2. The van der Waals surface area contributed by atoms with Crippen LogP contribution in [0.1, 0.15) is 64.7 Å². The summed E-state index contributed by atoms with van der Waals surface area (Å²) >= 11 is 0. The number of nitrogens with one attached hydrogen (secondary N) is 1. The molecule has 0 saturated heterocycles. The number of methoxy groups -OCH3 is 1. The molecule has 1 atom stereocenters. The van der Waals surface area contributed by atoms with E-state index in [0.717, 1.165) is 0 Å². The molecule has 206 valence electrons. The van der Waals surface area contributed by atoms with E-state index >= 15 is 0 Å². The van der Waals surface area contributed by atoms with Crippen LogP contribution in [0.4, 0.5) is 0 Å². The van der Waals surface area contributed by atoms with Crippen molar-refractivity contribution < 1.29 is 41.6 Å². The quantitative estimate of drug-likeness (QED) is 0.194. The fraction of sp³-hybridized carbons (Fsp3) is 0.667. The average Bonchev–Trinajstić information content (AvgIpc) is 2.82. The second kappa shape index (κ2) is 15.0. The molecule has 0 saturated carbocycles. The molecule has 0 bridgehead atoms. The van der Waals surface area contributed by atoms with Gasteiger partial charge in [0.1, 0.15) is 5.54 Å². The number of hydrogen-bond donors (Lipinski definition) is 1. The minimum Gasteiger partial charge on any atom is -0.467 e. The van der Waals surface area contributed by atoms with E-state index in [1.165, 1.54) is 7.11 Å². The zero-order valence-corrected chi connectivity index (χ0v) is 24.1. The number of esters is 1. The van der Waals surface area contributed by atoms with Crippen LogP contribution < -0.4 is 5.32 Å². The minimum absolute atomic E-state index is 0.0161. The van der Waals surface area contributed by atoms with E-state index in [1.54, 1.807) is 58.0 Å². The van der Waals surface area contributed by atoms with Crippen LogP contribution in [-0.4, -0.2) is 56.4 Å². The van der Waals surface area contributed by atoms with Gasteiger partial charge >= 0.3 is 21.2 Å². The lowest BCUT2D eigenvalue weighted by atomic mass is 9.85. The van der Waals surface area contributed by atoms with Crippen LogP contribution in [-0.2, 0) is 36.8 Å². The minimum atomic E-state index is -4.19. The van der Waals surface area contributed by atoms with Gasteiger partial charge in [0.05, 0.1) is 33.5 Å². The molecule has 0 aromatic heterocycles. The number of rotatable bonds is 17. The molecule has 36 heavy (non-hydrogen) atoms. The zero-order valence-electron chi connectivity index (χ0n) is 22.4. The summed E-state index contributed by atoms with van der Waals surface area (Å²) in [6.45, 7) is 10.1. The van der Waals surface area contributed by atoms with E-state index in [0.29, 0.717) is 5.56 Å². The molecule has 0 heterocycles. The summed E-state index contributed by atoms with van der Waals surface area (Å²) in [7, 11) is -7.19. The van der Waals surface area contributed by atoms with Crippen LogP contribution in [0.3, 0.4) is 0 Å². The lowest BCUT2D eigenvalue weighted by Gasteiger charge is -2.39. The van der Waals surface area contributed by atoms with Gasteiger partial charge in [-0.25, -0.2) is 4.79 Å². The molecule has 0 radical (unpaired) electrons. The Kier molecular flexibility index (Phi) is 13.5. The Labute approximate surface area is 214 Å². The Morgan fingerprint density at radius 3 is 1.64 bits per heavy atom. The number of ether oxygens (including phenoxy) is 1. The van der Waals surface area contributed by atoms with Gasteiger partial charge < -0.3 is 28.1 Å². The van der Waals surface area contributed by atoms with Gasteiger partial charge in [0, 0.05) is 12.0 Å². The van der Waals surface area contributed by atoms with Crippen LogP contribution in [0, 0.1) is 5.92 Å². The molecule has 12 heteroatoms. The molecule has 0 aliphatic heterocycles. The van der Waals surface area contributed by atoms with Crippen molar-refractivity contribution in [2.24, 2.45) is 5.92 Å². The number of amides is 1. The highest BCUT2D eigenvalue weighted by molar-refractivity contribution is 7.72. The van der Waals surface area contributed by atoms with Gasteiger partial charge in [-0.1, -0.05) is 32.0 Å². The topological polar surface area (TPSA) is 126 Å². The van der Waals surface area contributed by atoms with Crippen LogP contribution in [0.15, 0.2) is 30.3 Å². The van der Waals surface area contributed by atoms with E-state index in [4.69, 9.17) is 22.8 Å². The predicted molar refractivity (Wildman–Crippen MR) is 138 cm³/mol. The third-order valence-corrected chi connectivity index (χ3v) is 11.2. The first-order valence-corrected chi connectivity index (χ1v) is 15.4. The molecular weight excluding hydrogens is 508 g/mol. The molecular formula is C24H41NO9P2. The van der Waals surface area contributed by atoms with Gasteiger partial charge in [0.2, 0.25) is 0 Å². The maximum absolute atomic E-state index is 14.1. The maximum atomic E-state index is 14.1. The molecule has 10 nitrogen and oxygen atoms in total.